The zero-order chi connectivity index (χ0) is 26.3. The number of rotatable bonds is 8. The van der Waals surface area contributed by atoms with Crippen LogP contribution >= 0.6 is 0 Å². The molecule has 7 nitrogen and oxygen atoms in total. The first-order chi connectivity index (χ1) is 18.4. The van der Waals surface area contributed by atoms with Crippen LogP contribution in [0.3, 0.4) is 0 Å². The molecule has 3 atom stereocenters. The number of hydrogen-bond donors (Lipinski definition) is 2. The van der Waals surface area contributed by atoms with Gasteiger partial charge in [0.25, 0.3) is 5.56 Å². The molecule has 4 bridgehead atoms. The van der Waals surface area contributed by atoms with Crippen molar-refractivity contribution in [3.05, 3.63) is 39.9 Å². The number of aromatic nitrogens is 2. The Morgan fingerprint density at radius 1 is 1.08 bits per heavy atom. The van der Waals surface area contributed by atoms with E-state index in [0.29, 0.717) is 34.3 Å². The standard InChI is InChI=1S/C31H38N4O3/c1-20-33-25-11-8-10-23(28(25)30(38)35(20)26-12-13-27(36)34-29(26)37)9-6-4-2-3-5-7-14-32-31-18-21-15-22(19-31)17-24(31)16-21/h8,10-11,21-22,24,26,32H,2-5,7,12-19H2,1H3,(H,34,36,37)/t21?,22?,24?,26-,31?/m1/s1. The van der Waals surface area contributed by atoms with Gasteiger partial charge in [0.05, 0.1) is 10.9 Å². The van der Waals surface area contributed by atoms with Gasteiger partial charge in [-0.1, -0.05) is 30.7 Å². The first-order valence-electron chi connectivity index (χ1n) is 14.5. The summed E-state index contributed by atoms with van der Waals surface area (Å²) in [5.41, 5.74) is 1.44. The van der Waals surface area contributed by atoms with E-state index in [1.807, 2.05) is 12.1 Å². The number of imide groups is 1. The summed E-state index contributed by atoms with van der Waals surface area (Å²) in [6.45, 7) is 2.86. The highest BCUT2D eigenvalue weighted by atomic mass is 16.2. The predicted octanol–water partition coefficient (Wildman–Crippen LogP) is 4.15. The van der Waals surface area contributed by atoms with Gasteiger partial charge in [-0.15, -0.1) is 0 Å². The zero-order valence-corrected chi connectivity index (χ0v) is 22.4. The maximum Gasteiger partial charge on any atom is 0.263 e. The largest absolute Gasteiger partial charge is 0.311 e. The number of nitrogens with one attached hydrogen (secondary N) is 2. The van der Waals surface area contributed by atoms with Crippen molar-refractivity contribution in [2.24, 2.45) is 17.8 Å². The lowest BCUT2D eigenvalue weighted by Gasteiger charge is -2.34. The number of amides is 2. The Hall–Kier alpha value is -2.98. The molecule has 2 unspecified atom stereocenters. The maximum atomic E-state index is 13.5. The highest BCUT2D eigenvalue weighted by Gasteiger charge is 2.57. The molecule has 1 aromatic carbocycles. The van der Waals surface area contributed by atoms with Crippen LogP contribution in [0.4, 0.5) is 0 Å². The number of aryl methyl sites for hydroxylation is 1. The molecule has 2 aromatic rings. The lowest BCUT2D eigenvalue weighted by atomic mass is 9.80. The van der Waals surface area contributed by atoms with E-state index in [2.05, 4.69) is 27.5 Å². The van der Waals surface area contributed by atoms with Crippen molar-refractivity contribution in [2.75, 3.05) is 6.54 Å². The second-order valence-corrected chi connectivity index (χ2v) is 12.1. The number of unbranched alkanes of at least 4 members (excludes halogenated alkanes) is 4. The van der Waals surface area contributed by atoms with Crippen LogP contribution in [0.1, 0.15) is 94.5 Å². The number of fused-ring (bicyclic) bond motifs is 1. The second kappa shape index (κ2) is 10.3. The molecule has 0 spiro atoms. The molecule has 7 heteroatoms. The highest BCUT2D eigenvalue weighted by Crippen LogP contribution is 2.60. The van der Waals surface area contributed by atoms with Crippen LogP contribution in [0.2, 0.25) is 0 Å². The quantitative estimate of drug-likeness (QED) is 0.314. The van der Waals surface area contributed by atoms with Gasteiger partial charge in [-0.05, 0) is 94.7 Å². The lowest BCUT2D eigenvalue weighted by Crippen LogP contribution is -2.46. The molecular weight excluding hydrogens is 476 g/mol. The van der Waals surface area contributed by atoms with Crippen LogP contribution in [0, 0.1) is 36.5 Å². The average molecular weight is 515 g/mol. The van der Waals surface area contributed by atoms with Crippen molar-refractivity contribution in [1.29, 1.82) is 0 Å². The van der Waals surface area contributed by atoms with Crippen molar-refractivity contribution in [2.45, 2.75) is 95.6 Å². The Kier molecular flexibility index (Phi) is 6.86. The number of carbonyl (C=O) groups is 2. The van der Waals surface area contributed by atoms with Gasteiger partial charge in [0.1, 0.15) is 11.9 Å². The summed E-state index contributed by atoms with van der Waals surface area (Å²) < 4.78 is 1.42. The summed E-state index contributed by atoms with van der Waals surface area (Å²) in [7, 11) is 0. The Balaban J connectivity index is 1.03. The Bertz CT molecular complexity index is 1370. The van der Waals surface area contributed by atoms with Crippen LogP contribution in [0.15, 0.2) is 23.0 Å². The van der Waals surface area contributed by atoms with E-state index in [1.165, 1.54) is 49.5 Å². The van der Waals surface area contributed by atoms with E-state index in [0.717, 1.165) is 43.6 Å². The normalized spacial score (nSPS) is 29.5. The number of piperidine rings is 1. The molecular formula is C31H38N4O3. The minimum atomic E-state index is -0.730. The molecule has 4 saturated carbocycles. The summed E-state index contributed by atoms with van der Waals surface area (Å²) in [5.74, 6) is 9.11. The van der Waals surface area contributed by atoms with Crippen LogP contribution in [0.5, 0.6) is 0 Å². The monoisotopic (exact) mass is 514 g/mol. The van der Waals surface area contributed by atoms with E-state index in [1.54, 1.807) is 13.0 Å². The summed E-state index contributed by atoms with van der Waals surface area (Å²) in [6.07, 6.45) is 13.2. The van der Waals surface area contributed by atoms with Crippen LogP contribution in [-0.4, -0.2) is 33.4 Å². The third-order valence-electron chi connectivity index (χ3n) is 9.55. The van der Waals surface area contributed by atoms with Crippen molar-refractivity contribution < 1.29 is 9.59 Å². The molecule has 2 amide bonds. The van der Waals surface area contributed by atoms with Gasteiger partial charge >= 0.3 is 0 Å². The zero-order valence-electron chi connectivity index (χ0n) is 22.4. The number of benzene rings is 1. The van der Waals surface area contributed by atoms with Crippen molar-refractivity contribution in [3.63, 3.8) is 0 Å². The third kappa shape index (κ3) is 4.68. The van der Waals surface area contributed by atoms with E-state index in [9.17, 15) is 14.4 Å². The Labute approximate surface area is 224 Å². The lowest BCUT2D eigenvalue weighted by molar-refractivity contribution is -0.135. The topological polar surface area (TPSA) is 93.1 Å². The molecule has 1 aromatic heterocycles. The molecule has 4 aliphatic carbocycles. The fraction of sp³-hybridized carbons (Fsp3) is 0.613. The van der Waals surface area contributed by atoms with Gasteiger partial charge in [0.2, 0.25) is 11.8 Å². The van der Waals surface area contributed by atoms with Crippen LogP contribution in [0.25, 0.3) is 10.9 Å². The summed E-state index contributed by atoms with van der Waals surface area (Å²) >= 11 is 0. The molecule has 1 saturated heterocycles. The minimum absolute atomic E-state index is 0.208. The predicted molar refractivity (Wildman–Crippen MR) is 146 cm³/mol. The van der Waals surface area contributed by atoms with E-state index >= 15 is 0 Å². The fourth-order valence-electron chi connectivity index (χ4n) is 8.03. The minimum Gasteiger partial charge on any atom is -0.311 e. The van der Waals surface area contributed by atoms with Gasteiger partial charge in [0, 0.05) is 23.9 Å². The van der Waals surface area contributed by atoms with E-state index in [-0.39, 0.29) is 17.9 Å². The van der Waals surface area contributed by atoms with Gasteiger partial charge in [-0.25, -0.2) is 4.98 Å². The van der Waals surface area contributed by atoms with Crippen molar-refractivity contribution in [3.8, 4) is 11.8 Å². The molecule has 7 rings (SSSR count). The smallest absolute Gasteiger partial charge is 0.263 e. The maximum absolute atomic E-state index is 13.5. The molecule has 2 N–H and O–H groups in total. The molecule has 5 aliphatic rings. The number of nitrogens with zero attached hydrogens (tertiary/aromatic N) is 2. The summed E-state index contributed by atoms with van der Waals surface area (Å²) in [6, 6.07) is 4.78. The average Bonchev–Trinajstić information content (AvgIpc) is 3.27. The molecule has 38 heavy (non-hydrogen) atoms. The van der Waals surface area contributed by atoms with Crippen LogP contribution in [-0.2, 0) is 9.59 Å². The molecule has 2 heterocycles. The Morgan fingerprint density at radius 2 is 1.87 bits per heavy atom. The first kappa shape index (κ1) is 25.3. The molecule has 1 aliphatic heterocycles. The number of carbonyl (C=O) groups excluding carboxylic acids is 2. The van der Waals surface area contributed by atoms with Gasteiger partial charge in [-0.3, -0.25) is 24.3 Å². The fourth-order valence-corrected chi connectivity index (χ4v) is 8.03. The van der Waals surface area contributed by atoms with Crippen LogP contribution < -0.4 is 16.2 Å². The Morgan fingerprint density at radius 3 is 2.66 bits per heavy atom. The van der Waals surface area contributed by atoms with Crippen molar-refractivity contribution >= 4 is 22.7 Å². The molecule has 0 radical (unpaired) electrons. The number of hydrogen-bond acceptors (Lipinski definition) is 5. The molecule has 200 valence electrons. The van der Waals surface area contributed by atoms with Crippen molar-refractivity contribution in [1.82, 2.24) is 20.2 Å². The molecule has 5 fully saturated rings. The van der Waals surface area contributed by atoms with Gasteiger partial charge in [0.15, 0.2) is 0 Å². The first-order valence-corrected chi connectivity index (χ1v) is 14.5. The SMILES string of the molecule is Cc1nc2cccc(C#CCCCCCCNC34CC5CC(CC3C5)C4)c2c(=O)n1[C@@H]1CCC(=O)NC1=O. The highest BCUT2D eigenvalue weighted by molar-refractivity contribution is 5.99. The third-order valence-corrected chi connectivity index (χ3v) is 9.55. The van der Waals surface area contributed by atoms with E-state index < -0.39 is 11.9 Å². The summed E-state index contributed by atoms with van der Waals surface area (Å²) in [4.78, 5) is 42.1. The van der Waals surface area contributed by atoms with Gasteiger partial charge in [-0.2, -0.15) is 0 Å². The van der Waals surface area contributed by atoms with Gasteiger partial charge < -0.3 is 5.32 Å². The summed E-state index contributed by atoms with van der Waals surface area (Å²) in [5, 5.41) is 6.77. The second-order valence-electron chi connectivity index (χ2n) is 12.1. The van der Waals surface area contributed by atoms with E-state index in [4.69, 9.17) is 0 Å².